The fraction of sp³-hybridized carbons (Fsp3) is 0.250. The van der Waals surface area contributed by atoms with Gasteiger partial charge >= 0.3 is 5.97 Å². The smallest absolute Gasteiger partial charge is 0.326 e. The summed E-state index contributed by atoms with van der Waals surface area (Å²) < 4.78 is 5.66. The molecule has 2 amide bonds. The quantitative estimate of drug-likeness (QED) is 0.816. The van der Waals surface area contributed by atoms with Crippen LogP contribution in [0.5, 0.6) is 11.5 Å². The summed E-state index contributed by atoms with van der Waals surface area (Å²) in [5.74, 6) is -0.520. The zero-order valence-electron chi connectivity index (χ0n) is 14.6. The lowest BCUT2D eigenvalue weighted by atomic mass is 10.2. The number of carboxylic acid groups (broad SMARTS) is 1. The maximum Gasteiger partial charge on any atom is 0.326 e. The van der Waals surface area contributed by atoms with Gasteiger partial charge in [0.25, 0.3) is 5.91 Å². The normalized spacial score (nSPS) is 16.0. The number of hydrogen-bond acceptors (Lipinski definition) is 4. The molecular weight excluding hydrogens is 348 g/mol. The minimum absolute atomic E-state index is 0.231. The van der Waals surface area contributed by atoms with Crippen LogP contribution in [0.25, 0.3) is 0 Å². The number of aliphatic carboxylic acids is 1. The topological polar surface area (TPSA) is 95.9 Å². The number of likely N-dealkylation sites (tertiary alicyclic amines) is 1. The summed E-state index contributed by atoms with van der Waals surface area (Å²) in [6, 6.07) is 15.0. The molecule has 1 aliphatic rings. The molecule has 7 heteroatoms. The standard InChI is InChI=1S/C20H20N2O5/c23-18(22-12-4-7-17(22)20(25)26)13-21-19(24)14-8-10-16(11-9-14)27-15-5-2-1-3-6-15/h1-3,5-6,8-11,17H,4,7,12-13H2,(H,21,24)(H,25,26)/t17-/m1/s1. The number of nitrogens with one attached hydrogen (secondary N) is 1. The number of hydrogen-bond donors (Lipinski definition) is 2. The van der Waals surface area contributed by atoms with E-state index in [9.17, 15) is 14.4 Å². The van der Waals surface area contributed by atoms with Crippen molar-refractivity contribution in [3.05, 3.63) is 60.2 Å². The molecule has 0 aromatic heterocycles. The molecule has 1 aliphatic heterocycles. The Labute approximate surface area is 156 Å². The number of carbonyl (C=O) groups excluding carboxylic acids is 2. The molecule has 1 fully saturated rings. The Morgan fingerprint density at radius 3 is 2.37 bits per heavy atom. The van der Waals surface area contributed by atoms with Gasteiger partial charge in [-0.15, -0.1) is 0 Å². The zero-order valence-corrected chi connectivity index (χ0v) is 14.6. The van der Waals surface area contributed by atoms with Gasteiger partial charge in [0.2, 0.25) is 5.91 Å². The molecule has 1 atom stereocenters. The lowest BCUT2D eigenvalue weighted by Gasteiger charge is -2.21. The molecular formula is C20H20N2O5. The van der Waals surface area contributed by atoms with Gasteiger partial charge < -0.3 is 20.1 Å². The molecule has 1 saturated heterocycles. The molecule has 140 valence electrons. The highest BCUT2D eigenvalue weighted by Gasteiger charge is 2.33. The van der Waals surface area contributed by atoms with Gasteiger partial charge in [-0.25, -0.2) is 4.79 Å². The van der Waals surface area contributed by atoms with Crippen LogP contribution in [0.15, 0.2) is 54.6 Å². The molecule has 0 spiro atoms. The van der Waals surface area contributed by atoms with Gasteiger partial charge in [-0.2, -0.15) is 0 Å². The number of amides is 2. The molecule has 2 aromatic carbocycles. The first-order chi connectivity index (χ1) is 13.0. The van der Waals surface area contributed by atoms with Gasteiger partial charge in [-0.1, -0.05) is 18.2 Å². The van der Waals surface area contributed by atoms with Crippen molar-refractivity contribution in [3.8, 4) is 11.5 Å². The number of para-hydroxylation sites is 1. The fourth-order valence-corrected chi connectivity index (χ4v) is 2.98. The maximum atomic E-state index is 12.2. The monoisotopic (exact) mass is 368 g/mol. The lowest BCUT2D eigenvalue weighted by molar-refractivity contribution is -0.147. The SMILES string of the molecule is O=C(NCC(=O)N1CCC[C@@H]1C(=O)O)c1ccc(Oc2ccccc2)cc1. The van der Waals surface area contributed by atoms with Crippen LogP contribution < -0.4 is 10.1 Å². The van der Waals surface area contributed by atoms with Crippen molar-refractivity contribution in [2.24, 2.45) is 0 Å². The van der Waals surface area contributed by atoms with Crippen LogP contribution in [0.4, 0.5) is 0 Å². The summed E-state index contributed by atoms with van der Waals surface area (Å²) in [7, 11) is 0. The molecule has 1 heterocycles. The van der Waals surface area contributed by atoms with Crippen molar-refractivity contribution in [2.75, 3.05) is 13.1 Å². The van der Waals surface area contributed by atoms with Crippen molar-refractivity contribution in [1.82, 2.24) is 10.2 Å². The van der Waals surface area contributed by atoms with E-state index in [1.165, 1.54) is 4.90 Å². The number of rotatable bonds is 6. The molecule has 0 aliphatic carbocycles. The van der Waals surface area contributed by atoms with Crippen molar-refractivity contribution in [1.29, 1.82) is 0 Å². The van der Waals surface area contributed by atoms with Crippen LogP contribution in [0.3, 0.4) is 0 Å². The zero-order chi connectivity index (χ0) is 19.2. The minimum Gasteiger partial charge on any atom is -0.480 e. The third-order valence-electron chi connectivity index (χ3n) is 4.35. The highest BCUT2D eigenvalue weighted by Crippen LogP contribution is 2.21. The summed E-state index contributed by atoms with van der Waals surface area (Å²) in [6.07, 6.45) is 1.09. The van der Waals surface area contributed by atoms with Crippen LogP contribution >= 0.6 is 0 Å². The molecule has 2 aromatic rings. The van der Waals surface area contributed by atoms with Gasteiger partial charge in [-0.3, -0.25) is 9.59 Å². The molecule has 2 N–H and O–H groups in total. The van der Waals surface area contributed by atoms with E-state index in [0.29, 0.717) is 36.4 Å². The number of carbonyl (C=O) groups is 3. The second kappa shape index (κ2) is 8.35. The number of ether oxygens (including phenoxy) is 1. The van der Waals surface area contributed by atoms with Crippen LogP contribution in [0, 0.1) is 0 Å². The third kappa shape index (κ3) is 4.63. The van der Waals surface area contributed by atoms with Crippen molar-refractivity contribution in [3.63, 3.8) is 0 Å². The Kier molecular flexibility index (Phi) is 5.71. The third-order valence-corrected chi connectivity index (χ3v) is 4.35. The van der Waals surface area contributed by atoms with Gasteiger partial charge in [0, 0.05) is 12.1 Å². The molecule has 0 unspecified atom stereocenters. The van der Waals surface area contributed by atoms with Crippen LogP contribution in [-0.2, 0) is 9.59 Å². The first kappa shape index (κ1) is 18.4. The maximum absolute atomic E-state index is 12.2. The summed E-state index contributed by atoms with van der Waals surface area (Å²) in [5, 5.41) is 11.7. The first-order valence-electron chi connectivity index (χ1n) is 8.68. The van der Waals surface area contributed by atoms with Crippen molar-refractivity contribution < 1.29 is 24.2 Å². The largest absolute Gasteiger partial charge is 0.480 e. The first-order valence-corrected chi connectivity index (χ1v) is 8.68. The Morgan fingerprint density at radius 1 is 1.04 bits per heavy atom. The van der Waals surface area contributed by atoms with E-state index in [0.717, 1.165) is 0 Å². The summed E-state index contributed by atoms with van der Waals surface area (Å²) in [6.45, 7) is 0.169. The van der Waals surface area contributed by atoms with Gasteiger partial charge in [0.1, 0.15) is 17.5 Å². The van der Waals surface area contributed by atoms with Gasteiger partial charge in [-0.05, 0) is 49.2 Å². The summed E-state index contributed by atoms with van der Waals surface area (Å²) in [4.78, 5) is 36.8. The van der Waals surface area contributed by atoms with Crippen LogP contribution in [0.1, 0.15) is 23.2 Å². The van der Waals surface area contributed by atoms with Crippen molar-refractivity contribution in [2.45, 2.75) is 18.9 Å². The highest BCUT2D eigenvalue weighted by atomic mass is 16.5. The number of carboxylic acids is 1. The Hall–Kier alpha value is -3.35. The molecule has 0 saturated carbocycles. The van der Waals surface area contributed by atoms with E-state index < -0.39 is 23.8 Å². The molecule has 27 heavy (non-hydrogen) atoms. The predicted molar refractivity (Wildman–Crippen MR) is 97.7 cm³/mol. The van der Waals surface area contributed by atoms with Crippen LogP contribution in [-0.4, -0.2) is 46.9 Å². The van der Waals surface area contributed by atoms with E-state index in [1.807, 2.05) is 30.3 Å². The van der Waals surface area contributed by atoms with E-state index in [4.69, 9.17) is 9.84 Å². The minimum atomic E-state index is -1.01. The second-order valence-corrected chi connectivity index (χ2v) is 6.21. The van der Waals surface area contributed by atoms with E-state index in [1.54, 1.807) is 24.3 Å². The molecule has 0 bridgehead atoms. The Balaban J connectivity index is 1.53. The van der Waals surface area contributed by atoms with E-state index in [2.05, 4.69) is 5.32 Å². The lowest BCUT2D eigenvalue weighted by Crippen LogP contribution is -2.45. The molecule has 7 nitrogen and oxygen atoms in total. The second-order valence-electron chi connectivity index (χ2n) is 6.21. The van der Waals surface area contributed by atoms with Gasteiger partial charge in [0.05, 0.1) is 6.54 Å². The van der Waals surface area contributed by atoms with E-state index >= 15 is 0 Å². The fourth-order valence-electron chi connectivity index (χ4n) is 2.98. The van der Waals surface area contributed by atoms with Crippen LogP contribution in [0.2, 0.25) is 0 Å². The molecule has 0 radical (unpaired) electrons. The molecule has 3 rings (SSSR count). The Morgan fingerprint density at radius 2 is 1.70 bits per heavy atom. The summed E-state index contributed by atoms with van der Waals surface area (Å²) >= 11 is 0. The average molecular weight is 368 g/mol. The number of nitrogens with zero attached hydrogens (tertiary/aromatic N) is 1. The average Bonchev–Trinajstić information content (AvgIpc) is 3.17. The van der Waals surface area contributed by atoms with Crippen molar-refractivity contribution >= 4 is 17.8 Å². The summed E-state index contributed by atoms with van der Waals surface area (Å²) in [5.41, 5.74) is 0.388. The highest BCUT2D eigenvalue weighted by molar-refractivity contribution is 5.97. The predicted octanol–water partition coefficient (Wildman–Crippen LogP) is 2.28. The number of benzene rings is 2. The Bertz CT molecular complexity index is 820. The van der Waals surface area contributed by atoms with Gasteiger partial charge in [0.15, 0.2) is 0 Å². The van der Waals surface area contributed by atoms with E-state index in [-0.39, 0.29) is 6.54 Å².